The second-order valence-electron chi connectivity index (χ2n) is 7.85. The zero-order valence-electron chi connectivity index (χ0n) is 16.7. The number of unbranched alkanes of at least 4 members (excludes halogenated alkanes) is 1. The van der Waals surface area contributed by atoms with Crippen LogP contribution in [0.3, 0.4) is 0 Å². The summed E-state index contributed by atoms with van der Waals surface area (Å²) in [5.41, 5.74) is 2.34. The molecule has 1 saturated heterocycles. The lowest BCUT2D eigenvalue weighted by molar-refractivity contribution is -0.127. The first-order chi connectivity index (χ1) is 13.1. The van der Waals surface area contributed by atoms with Gasteiger partial charge in [-0.3, -0.25) is 14.5 Å². The number of hydrogen-bond donors (Lipinski definition) is 1. The van der Waals surface area contributed by atoms with E-state index >= 15 is 0 Å². The van der Waals surface area contributed by atoms with Crippen LogP contribution in [0.1, 0.15) is 51.5 Å². The fourth-order valence-corrected chi connectivity index (χ4v) is 4.23. The Bertz CT molecular complexity index is 653. The number of anilines is 1. The number of carbonyl (C=O) groups is 2. The smallest absolute Gasteiger partial charge is 0.244 e. The number of piperidine rings is 1. The van der Waals surface area contributed by atoms with Crippen molar-refractivity contribution in [1.82, 2.24) is 10.2 Å². The molecule has 0 aromatic heterocycles. The Hall–Kier alpha value is -1.88. The fraction of sp³-hybridized carbons (Fsp3) is 0.636. The number of para-hydroxylation sites is 1. The van der Waals surface area contributed by atoms with Crippen LogP contribution in [0.15, 0.2) is 24.3 Å². The van der Waals surface area contributed by atoms with Crippen molar-refractivity contribution in [2.45, 2.75) is 58.4 Å². The molecule has 5 nitrogen and oxygen atoms in total. The molecule has 0 aliphatic carbocycles. The van der Waals surface area contributed by atoms with Crippen LogP contribution in [0.2, 0.25) is 0 Å². The zero-order chi connectivity index (χ0) is 19.2. The first-order valence-electron chi connectivity index (χ1n) is 10.5. The molecule has 0 radical (unpaired) electrons. The third-order valence-electron chi connectivity index (χ3n) is 6.01. The predicted octanol–water partition coefficient (Wildman–Crippen LogP) is 2.98. The summed E-state index contributed by atoms with van der Waals surface area (Å²) in [5.74, 6) is 0.469. The maximum atomic E-state index is 13.2. The minimum Gasteiger partial charge on any atom is -0.356 e. The van der Waals surface area contributed by atoms with Gasteiger partial charge in [0.15, 0.2) is 0 Å². The minimum atomic E-state index is -0.139. The standard InChI is InChI=1S/C22H33N3O2/c1-3-4-13-23-21(26)19-11-15-24(16-12-19)17(2)22(27)25-14-7-9-18-8-5-6-10-20(18)25/h5-6,8,10,17,19H,3-4,7,9,11-16H2,1-2H3,(H,23,26). The Morgan fingerprint density at radius 3 is 2.67 bits per heavy atom. The van der Waals surface area contributed by atoms with Crippen LogP contribution < -0.4 is 10.2 Å². The summed E-state index contributed by atoms with van der Waals surface area (Å²) in [6.45, 7) is 7.35. The van der Waals surface area contributed by atoms with Crippen LogP contribution in [0.5, 0.6) is 0 Å². The van der Waals surface area contributed by atoms with E-state index in [0.29, 0.717) is 0 Å². The molecule has 0 saturated carbocycles. The molecule has 2 amide bonds. The SMILES string of the molecule is CCCCNC(=O)C1CCN(C(C)C(=O)N2CCCc3ccccc32)CC1. The highest BCUT2D eigenvalue weighted by Crippen LogP contribution is 2.28. The Morgan fingerprint density at radius 1 is 1.19 bits per heavy atom. The Kier molecular flexibility index (Phi) is 6.89. The van der Waals surface area contributed by atoms with Gasteiger partial charge in [-0.25, -0.2) is 0 Å². The van der Waals surface area contributed by atoms with Crippen LogP contribution in [0.4, 0.5) is 5.69 Å². The van der Waals surface area contributed by atoms with Crippen molar-refractivity contribution >= 4 is 17.5 Å². The number of fused-ring (bicyclic) bond motifs is 1. The average molecular weight is 372 g/mol. The molecule has 0 spiro atoms. The monoisotopic (exact) mass is 371 g/mol. The molecule has 1 aromatic carbocycles. The van der Waals surface area contributed by atoms with Crippen molar-refractivity contribution in [3.05, 3.63) is 29.8 Å². The van der Waals surface area contributed by atoms with Crippen LogP contribution >= 0.6 is 0 Å². The van der Waals surface area contributed by atoms with Crippen molar-refractivity contribution in [3.63, 3.8) is 0 Å². The van der Waals surface area contributed by atoms with E-state index in [2.05, 4.69) is 29.3 Å². The van der Waals surface area contributed by atoms with Gasteiger partial charge in [0.2, 0.25) is 11.8 Å². The molecule has 2 aliphatic rings. The van der Waals surface area contributed by atoms with Gasteiger partial charge >= 0.3 is 0 Å². The van der Waals surface area contributed by atoms with Crippen molar-refractivity contribution in [2.75, 3.05) is 31.1 Å². The van der Waals surface area contributed by atoms with Crippen molar-refractivity contribution in [3.8, 4) is 0 Å². The molecule has 1 N–H and O–H groups in total. The average Bonchev–Trinajstić information content (AvgIpc) is 2.72. The first kappa shape index (κ1) is 19.9. The van der Waals surface area contributed by atoms with Gasteiger partial charge in [-0.2, -0.15) is 0 Å². The largest absolute Gasteiger partial charge is 0.356 e. The number of carbonyl (C=O) groups excluding carboxylic acids is 2. The Morgan fingerprint density at radius 2 is 1.93 bits per heavy atom. The van der Waals surface area contributed by atoms with Crippen molar-refractivity contribution in [2.24, 2.45) is 5.92 Å². The third kappa shape index (κ3) is 4.70. The van der Waals surface area contributed by atoms with Gasteiger partial charge in [-0.05, 0) is 63.7 Å². The van der Waals surface area contributed by atoms with Gasteiger partial charge in [0.25, 0.3) is 0 Å². The van der Waals surface area contributed by atoms with Crippen molar-refractivity contribution in [1.29, 1.82) is 0 Å². The third-order valence-corrected chi connectivity index (χ3v) is 6.01. The van der Waals surface area contributed by atoms with Crippen LogP contribution in [0.25, 0.3) is 0 Å². The second-order valence-corrected chi connectivity index (χ2v) is 7.85. The quantitative estimate of drug-likeness (QED) is 0.782. The minimum absolute atomic E-state index is 0.0936. The summed E-state index contributed by atoms with van der Waals surface area (Å²) in [6, 6.07) is 8.11. The second kappa shape index (κ2) is 9.36. The van der Waals surface area contributed by atoms with Gasteiger partial charge in [0.05, 0.1) is 6.04 Å². The predicted molar refractivity (Wildman–Crippen MR) is 109 cm³/mol. The van der Waals surface area contributed by atoms with Gasteiger partial charge in [-0.1, -0.05) is 31.5 Å². The van der Waals surface area contributed by atoms with E-state index in [9.17, 15) is 9.59 Å². The first-order valence-corrected chi connectivity index (χ1v) is 10.5. The fourth-order valence-electron chi connectivity index (χ4n) is 4.23. The summed E-state index contributed by atoms with van der Waals surface area (Å²) >= 11 is 0. The molecule has 1 fully saturated rings. The number of amides is 2. The van der Waals surface area contributed by atoms with Gasteiger partial charge < -0.3 is 10.2 Å². The summed E-state index contributed by atoms with van der Waals surface area (Å²) < 4.78 is 0. The Balaban J connectivity index is 1.54. The van der Waals surface area contributed by atoms with E-state index in [0.717, 1.165) is 70.4 Å². The van der Waals surface area contributed by atoms with Gasteiger partial charge in [0.1, 0.15) is 0 Å². The molecule has 2 aliphatic heterocycles. The van der Waals surface area contributed by atoms with Gasteiger partial charge in [-0.15, -0.1) is 0 Å². The van der Waals surface area contributed by atoms with E-state index < -0.39 is 0 Å². The van der Waals surface area contributed by atoms with Crippen LogP contribution in [-0.2, 0) is 16.0 Å². The number of benzene rings is 1. The molecular weight excluding hydrogens is 338 g/mol. The molecular formula is C22H33N3O2. The molecule has 148 valence electrons. The maximum absolute atomic E-state index is 13.2. The topological polar surface area (TPSA) is 52.7 Å². The zero-order valence-corrected chi connectivity index (χ0v) is 16.7. The van der Waals surface area contributed by atoms with E-state index in [-0.39, 0.29) is 23.8 Å². The molecule has 2 heterocycles. The maximum Gasteiger partial charge on any atom is 0.244 e. The molecule has 5 heteroatoms. The molecule has 0 bridgehead atoms. The molecule has 1 unspecified atom stereocenters. The number of hydrogen-bond acceptors (Lipinski definition) is 3. The van der Waals surface area contributed by atoms with E-state index in [1.807, 2.05) is 24.0 Å². The molecule has 1 aromatic rings. The summed E-state index contributed by atoms with van der Waals surface area (Å²) in [4.78, 5) is 29.6. The lowest BCUT2D eigenvalue weighted by Gasteiger charge is -2.38. The van der Waals surface area contributed by atoms with E-state index in [4.69, 9.17) is 0 Å². The summed E-state index contributed by atoms with van der Waals surface area (Å²) in [5, 5.41) is 3.05. The number of nitrogens with zero attached hydrogens (tertiary/aromatic N) is 2. The lowest BCUT2D eigenvalue weighted by Crippen LogP contribution is -2.52. The summed E-state index contributed by atoms with van der Waals surface area (Å²) in [6.07, 6.45) is 5.88. The molecule has 3 rings (SSSR count). The van der Waals surface area contributed by atoms with Gasteiger partial charge in [0, 0.05) is 24.7 Å². The number of nitrogens with one attached hydrogen (secondary N) is 1. The van der Waals surface area contributed by atoms with Crippen LogP contribution in [-0.4, -0.2) is 48.9 Å². The molecule has 1 atom stereocenters. The number of rotatable bonds is 6. The summed E-state index contributed by atoms with van der Waals surface area (Å²) in [7, 11) is 0. The van der Waals surface area contributed by atoms with E-state index in [1.54, 1.807) is 0 Å². The highest BCUT2D eigenvalue weighted by atomic mass is 16.2. The van der Waals surface area contributed by atoms with E-state index in [1.165, 1.54) is 5.56 Å². The lowest BCUT2D eigenvalue weighted by atomic mass is 9.94. The highest BCUT2D eigenvalue weighted by molar-refractivity contribution is 5.98. The van der Waals surface area contributed by atoms with Crippen molar-refractivity contribution < 1.29 is 9.59 Å². The normalized spacial score (nSPS) is 19.4. The number of likely N-dealkylation sites (tertiary alicyclic amines) is 1. The van der Waals surface area contributed by atoms with Crippen LogP contribution in [0, 0.1) is 5.92 Å². The number of aryl methyl sites for hydroxylation is 1. The Labute approximate surface area is 163 Å². The highest BCUT2D eigenvalue weighted by Gasteiger charge is 2.33. The molecule has 27 heavy (non-hydrogen) atoms.